The van der Waals surface area contributed by atoms with Gasteiger partial charge in [0, 0.05) is 13.1 Å². The molecule has 18 heavy (non-hydrogen) atoms. The SMILES string of the molecule is CC(NC(=O)N1CCCC(O)C1)c1ccccc1. The number of β-amino-alcohol motifs (C(OH)–C–C–N with tert-alkyl or cyclic N) is 1. The minimum atomic E-state index is -0.378. The van der Waals surface area contributed by atoms with Crippen LogP contribution in [0.25, 0.3) is 0 Å². The summed E-state index contributed by atoms with van der Waals surface area (Å²) in [6.45, 7) is 3.13. The van der Waals surface area contributed by atoms with Gasteiger partial charge >= 0.3 is 6.03 Å². The molecule has 0 spiro atoms. The standard InChI is InChI=1S/C14H20N2O2/c1-11(12-6-3-2-4-7-12)15-14(18)16-9-5-8-13(17)10-16/h2-4,6-7,11,13,17H,5,8-10H2,1H3,(H,15,18). The van der Waals surface area contributed by atoms with E-state index in [1.54, 1.807) is 4.90 Å². The second-order valence-electron chi connectivity index (χ2n) is 4.82. The molecule has 0 bridgehead atoms. The number of nitrogens with zero attached hydrogens (tertiary/aromatic N) is 1. The zero-order valence-electron chi connectivity index (χ0n) is 10.7. The van der Waals surface area contributed by atoms with Gasteiger partial charge in [-0.2, -0.15) is 0 Å². The number of nitrogens with one attached hydrogen (secondary N) is 1. The quantitative estimate of drug-likeness (QED) is 0.840. The largest absolute Gasteiger partial charge is 0.391 e. The van der Waals surface area contributed by atoms with Gasteiger partial charge in [-0.05, 0) is 25.3 Å². The Morgan fingerprint density at radius 3 is 2.83 bits per heavy atom. The average molecular weight is 248 g/mol. The third-order valence-electron chi connectivity index (χ3n) is 3.32. The Kier molecular flexibility index (Phi) is 4.20. The number of hydrogen-bond acceptors (Lipinski definition) is 2. The molecule has 2 atom stereocenters. The highest BCUT2D eigenvalue weighted by atomic mass is 16.3. The van der Waals surface area contributed by atoms with Crippen molar-refractivity contribution in [3.63, 3.8) is 0 Å². The number of carbonyl (C=O) groups is 1. The predicted octanol–water partition coefficient (Wildman–Crippen LogP) is 1.91. The average Bonchev–Trinajstić information content (AvgIpc) is 2.39. The molecule has 1 saturated heterocycles. The van der Waals surface area contributed by atoms with Gasteiger partial charge in [0.25, 0.3) is 0 Å². The van der Waals surface area contributed by atoms with Crippen LogP contribution >= 0.6 is 0 Å². The van der Waals surface area contributed by atoms with Gasteiger partial charge in [0.2, 0.25) is 0 Å². The van der Waals surface area contributed by atoms with E-state index in [-0.39, 0.29) is 18.2 Å². The first-order chi connectivity index (χ1) is 8.66. The number of benzene rings is 1. The summed E-state index contributed by atoms with van der Waals surface area (Å²) < 4.78 is 0. The summed E-state index contributed by atoms with van der Waals surface area (Å²) in [7, 11) is 0. The van der Waals surface area contributed by atoms with Crippen molar-refractivity contribution in [2.45, 2.75) is 31.9 Å². The smallest absolute Gasteiger partial charge is 0.317 e. The third-order valence-corrected chi connectivity index (χ3v) is 3.32. The minimum absolute atomic E-state index is 0.0160. The van der Waals surface area contributed by atoms with Crippen LogP contribution in [0.4, 0.5) is 4.79 Å². The van der Waals surface area contributed by atoms with Crippen molar-refractivity contribution in [1.82, 2.24) is 10.2 Å². The van der Waals surface area contributed by atoms with Crippen LogP contribution in [-0.4, -0.2) is 35.2 Å². The Labute approximate surface area is 108 Å². The maximum Gasteiger partial charge on any atom is 0.317 e. The summed E-state index contributed by atoms with van der Waals surface area (Å²) in [6.07, 6.45) is 1.28. The fourth-order valence-electron chi connectivity index (χ4n) is 2.24. The normalized spacial score (nSPS) is 21.4. The molecule has 2 rings (SSSR count). The van der Waals surface area contributed by atoms with Crippen molar-refractivity contribution in [2.24, 2.45) is 0 Å². The highest BCUT2D eigenvalue weighted by molar-refractivity contribution is 5.74. The molecule has 1 aliphatic heterocycles. The molecule has 1 aliphatic rings. The Morgan fingerprint density at radius 1 is 1.44 bits per heavy atom. The number of urea groups is 1. The van der Waals surface area contributed by atoms with E-state index in [4.69, 9.17) is 0 Å². The molecular formula is C14H20N2O2. The van der Waals surface area contributed by atoms with Crippen LogP contribution in [0.15, 0.2) is 30.3 Å². The molecule has 1 aromatic carbocycles. The molecule has 4 heteroatoms. The first-order valence-corrected chi connectivity index (χ1v) is 6.45. The molecule has 0 saturated carbocycles. The molecule has 1 aromatic rings. The van der Waals surface area contributed by atoms with E-state index in [0.29, 0.717) is 6.54 Å². The zero-order valence-corrected chi connectivity index (χ0v) is 10.7. The zero-order chi connectivity index (χ0) is 13.0. The second-order valence-corrected chi connectivity index (χ2v) is 4.82. The fourth-order valence-corrected chi connectivity index (χ4v) is 2.24. The Balaban J connectivity index is 1.91. The summed E-state index contributed by atoms with van der Waals surface area (Å²) in [6, 6.07) is 9.76. The van der Waals surface area contributed by atoms with Crippen LogP contribution in [0.2, 0.25) is 0 Å². The topological polar surface area (TPSA) is 52.6 Å². The molecule has 2 amide bonds. The van der Waals surface area contributed by atoms with Crippen molar-refractivity contribution in [1.29, 1.82) is 0 Å². The highest BCUT2D eigenvalue weighted by Crippen LogP contribution is 2.14. The summed E-state index contributed by atoms with van der Waals surface area (Å²) in [4.78, 5) is 13.7. The lowest BCUT2D eigenvalue weighted by molar-refractivity contribution is 0.0835. The van der Waals surface area contributed by atoms with E-state index in [1.807, 2.05) is 37.3 Å². The van der Waals surface area contributed by atoms with Crippen LogP contribution in [0.1, 0.15) is 31.4 Å². The molecule has 0 aliphatic carbocycles. The van der Waals surface area contributed by atoms with E-state index >= 15 is 0 Å². The second kappa shape index (κ2) is 5.87. The van der Waals surface area contributed by atoms with Crippen molar-refractivity contribution in [3.05, 3.63) is 35.9 Å². The monoisotopic (exact) mass is 248 g/mol. The van der Waals surface area contributed by atoms with Gasteiger partial charge < -0.3 is 15.3 Å². The molecule has 0 aromatic heterocycles. The van der Waals surface area contributed by atoms with Crippen LogP contribution in [0.5, 0.6) is 0 Å². The van der Waals surface area contributed by atoms with E-state index in [2.05, 4.69) is 5.32 Å². The van der Waals surface area contributed by atoms with Crippen molar-refractivity contribution in [2.75, 3.05) is 13.1 Å². The molecular weight excluding hydrogens is 228 g/mol. The first kappa shape index (κ1) is 12.9. The Hall–Kier alpha value is -1.55. The predicted molar refractivity (Wildman–Crippen MR) is 70.2 cm³/mol. The number of aliphatic hydroxyl groups is 1. The first-order valence-electron chi connectivity index (χ1n) is 6.45. The number of amides is 2. The lowest BCUT2D eigenvalue weighted by atomic mass is 10.1. The number of piperidine rings is 1. The molecule has 1 heterocycles. The summed E-state index contributed by atoms with van der Waals surface area (Å²) >= 11 is 0. The summed E-state index contributed by atoms with van der Waals surface area (Å²) in [5.74, 6) is 0. The van der Waals surface area contributed by atoms with Gasteiger partial charge in [-0.1, -0.05) is 30.3 Å². The van der Waals surface area contributed by atoms with Gasteiger partial charge in [0.05, 0.1) is 12.1 Å². The maximum atomic E-state index is 12.0. The van der Waals surface area contributed by atoms with Crippen LogP contribution in [-0.2, 0) is 0 Å². The van der Waals surface area contributed by atoms with Crippen molar-refractivity contribution < 1.29 is 9.90 Å². The number of carbonyl (C=O) groups excluding carboxylic acids is 1. The van der Waals surface area contributed by atoms with E-state index in [9.17, 15) is 9.90 Å². The lowest BCUT2D eigenvalue weighted by Crippen LogP contribution is -2.47. The minimum Gasteiger partial charge on any atom is -0.391 e. The number of aliphatic hydroxyl groups excluding tert-OH is 1. The number of hydrogen-bond donors (Lipinski definition) is 2. The van der Waals surface area contributed by atoms with E-state index < -0.39 is 0 Å². The maximum absolute atomic E-state index is 12.0. The molecule has 4 nitrogen and oxygen atoms in total. The van der Waals surface area contributed by atoms with Crippen LogP contribution in [0, 0.1) is 0 Å². The number of rotatable bonds is 2. The van der Waals surface area contributed by atoms with Crippen LogP contribution < -0.4 is 5.32 Å². The van der Waals surface area contributed by atoms with Gasteiger partial charge in [0.1, 0.15) is 0 Å². The Bertz CT molecular complexity index is 394. The van der Waals surface area contributed by atoms with Gasteiger partial charge in [0.15, 0.2) is 0 Å². The van der Waals surface area contributed by atoms with Gasteiger partial charge in [-0.3, -0.25) is 0 Å². The Morgan fingerprint density at radius 2 is 2.17 bits per heavy atom. The van der Waals surface area contributed by atoms with Gasteiger partial charge in [-0.25, -0.2) is 4.79 Å². The highest BCUT2D eigenvalue weighted by Gasteiger charge is 2.22. The third kappa shape index (κ3) is 3.23. The molecule has 1 fully saturated rings. The molecule has 0 radical (unpaired) electrons. The lowest BCUT2D eigenvalue weighted by Gasteiger charge is -2.31. The van der Waals surface area contributed by atoms with E-state index in [1.165, 1.54) is 0 Å². The van der Waals surface area contributed by atoms with Crippen molar-refractivity contribution >= 4 is 6.03 Å². The number of likely N-dealkylation sites (tertiary alicyclic amines) is 1. The van der Waals surface area contributed by atoms with E-state index in [0.717, 1.165) is 24.9 Å². The summed E-state index contributed by atoms with van der Waals surface area (Å²) in [5.41, 5.74) is 1.09. The summed E-state index contributed by atoms with van der Waals surface area (Å²) in [5, 5.41) is 12.5. The van der Waals surface area contributed by atoms with Crippen LogP contribution in [0.3, 0.4) is 0 Å². The van der Waals surface area contributed by atoms with Crippen molar-refractivity contribution in [3.8, 4) is 0 Å². The molecule has 2 N–H and O–H groups in total. The molecule has 98 valence electrons. The fraction of sp³-hybridized carbons (Fsp3) is 0.500. The molecule has 2 unspecified atom stereocenters. The van der Waals surface area contributed by atoms with Gasteiger partial charge in [-0.15, -0.1) is 0 Å².